The molecule has 0 bridgehead atoms. The van der Waals surface area contributed by atoms with Gasteiger partial charge in [0, 0.05) is 5.69 Å². The minimum absolute atomic E-state index is 0.173. The molecule has 0 heterocycles. The Kier molecular flexibility index (Phi) is 20.6. The number of esters is 1. The molecule has 0 radical (unpaired) electrons. The van der Waals surface area contributed by atoms with Crippen LogP contribution in [-0.4, -0.2) is 47.2 Å². The summed E-state index contributed by atoms with van der Waals surface area (Å²) in [4.78, 5) is 23.0. The predicted octanol–water partition coefficient (Wildman–Crippen LogP) is 7.62. The first kappa shape index (κ1) is 36.5. The number of benzene rings is 3. The summed E-state index contributed by atoms with van der Waals surface area (Å²) in [7, 11) is 9.28. The number of quaternary nitrogens is 1. The minimum Gasteiger partial charge on any atom is -0.496 e. The van der Waals surface area contributed by atoms with Gasteiger partial charge < -0.3 is 14.8 Å². The summed E-state index contributed by atoms with van der Waals surface area (Å²) in [6, 6.07) is 24.5. The van der Waals surface area contributed by atoms with Gasteiger partial charge in [-0.3, -0.25) is 14.1 Å². The van der Waals surface area contributed by atoms with Crippen LogP contribution in [0.5, 0.6) is 5.75 Å². The highest BCUT2D eigenvalue weighted by Gasteiger charge is 2.12. The fourth-order valence-electron chi connectivity index (χ4n) is 2.85. The van der Waals surface area contributed by atoms with Gasteiger partial charge >= 0.3 is 5.97 Å². The van der Waals surface area contributed by atoms with E-state index in [-0.39, 0.29) is 11.9 Å². The summed E-state index contributed by atoms with van der Waals surface area (Å²) < 4.78 is 10.5. The number of methoxy groups -OCH3 is 2. The van der Waals surface area contributed by atoms with E-state index >= 15 is 0 Å². The smallest absolute Gasteiger partial charge is 0.309 e. The number of nitrogens with zero attached hydrogens (tertiary/aromatic N) is 1. The number of hydrogen-bond donors (Lipinski definition) is 1. The number of amides is 1. The Balaban J connectivity index is 0. The highest BCUT2D eigenvalue weighted by atomic mass is 16.5. The molecule has 1 amide bonds. The lowest BCUT2D eigenvalue weighted by Gasteiger charge is -2.23. The second-order valence-corrected chi connectivity index (χ2v) is 7.95. The van der Waals surface area contributed by atoms with Gasteiger partial charge in [0.25, 0.3) is 5.91 Å². The Bertz CT molecular complexity index is 1010. The van der Waals surface area contributed by atoms with Gasteiger partial charge in [-0.2, -0.15) is 0 Å². The first-order valence-electron chi connectivity index (χ1n) is 13.2. The molecule has 0 spiro atoms. The zero-order chi connectivity index (χ0) is 29.6. The van der Waals surface area contributed by atoms with Crippen LogP contribution in [0.2, 0.25) is 0 Å². The molecule has 0 saturated carbocycles. The maximum Gasteiger partial charge on any atom is 0.309 e. The van der Waals surface area contributed by atoms with Crippen LogP contribution >= 0.6 is 0 Å². The van der Waals surface area contributed by atoms with Crippen LogP contribution in [0, 0.1) is 0 Å². The van der Waals surface area contributed by atoms with E-state index in [0.717, 1.165) is 15.7 Å². The van der Waals surface area contributed by atoms with E-state index in [1.807, 2.05) is 108 Å². The summed E-state index contributed by atoms with van der Waals surface area (Å²) in [6.45, 7) is 12.0. The van der Waals surface area contributed by atoms with Crippen molar-refractivity contribution in [3.05, 3.63) is 90.0 Å². The zero-order valence-corrected chi connectivity index (χ0v) is 25.3. The molecule has 0 aliphatic carbocycles. The third kappa shape index (κ3) is 14.2. The van der Waals surface area contributed by atoms with E-state index in [2.05, 4.69) is 31.2 Å². The zero-order valence-electron chi connectivity index (χ0n) is 25.3. The van der Waals surface area contributed by atoms with Gasteiger partial charge in [0.05, 0.1) is 47.3 Å². The largest absolute Gasteiger partial charge is 0.496 e. The molecule has 0 unspecified atom stereocenters. The molecule has 210 valence electrons. The molecule has 3 aromatic carbocycles. The second kappa shape index (κ2) is 21.4. The molecule has 1 N–H and O–H groups in total. The second-order valence-electron chi connectivity index (χ2n) is 7.95. The number of nitrogens with one attached hydrogen (secondary N) is 1. The molecule has 6 nitrogen and oxygen atoms in total. The van der Waals surface area contributed by atoms with Crippen molar-refractivity contribution in [1.82, 2.24) is 4.48 Å². The van der Waals surface area contributed by atoms with Crippen LogP contribution in [0.25, 0.3) is 0 Å². The molecule has 0 saturated heterocycles. The topological polar surface area (TPSA) is 64.6 Å². The van der Waals surface area contributed by atoms with Crippen LogP contribution in [0.15, 0.2) is 78.9 Å². The average molecular weight is 526 g/mol. The van der Waals surface area contributed by atoms with E-state index in [0.29, 0.717) is 17.7 Å². The molecule has 6 heteroatoms. The Morgan fingerprint density at radius 2 is 1.21 bits per heavy atom. The van der Waals surface area contributed by atoms with Crippen molar-refractivity contribution in [2.24, 2.45) is 0 Å². The summed E-state index contributed by atoms with van der Waals surface area (Å²) in [5, 5.41) is 2.81. The minimum atomic E-state index is -0.201. The Morgan fingerprint density at radius 1 is 0.711 bits per heavy atom. The van der Waals surface area contributed by atoms with Crippen molar-refractivity contribution in [3.8, 4) is 5.75 Å². The summed E-state index contributed by atoms with van der Waals surface area (Å²) >= 11 is 0. The third-order valence-corrected chi connectivity index (χ3v) is 4.67. The van der Waals surface area contributed by atoms with Crippen molar-refractivity contribution in [3.63, 3.8) is 0 Å². The first-order valence-corrected chi connectivity index (χ1v) is 13.2. The van der Waals surface area contributed by atoms with Crippen LogP contribution in [0.3, 0.4) is 0 Å². The maximum atomic E-state index is 12.0. The summed E-state index contributed by atoms with van der Waals surface area (Å²) in [5.74, 6) is 0.197. The third-order valence-electron chi connectivity index (χ3n) is 4.67. The van der Waals surface area contributed by atoms with Gasteiger partial charge in [-0.15, -0.1) is 0 Å². The van der Waals surface area contributed by atoms with E-state index in [9.17, 15) is 9.59 Å². The molecule has 0 aliphatic heterocycles. The normalized spacial score (nSPS) is 9.24. The number of ether oxygens (including phenoxy) is 2. The van der Waals surface area contributed by atoms with Crippen molar-refractivity contribution in [2.75, 3.05) is 40.7 Å². The fraction of sp³-hybridized carbons (Fsp3) is 0.375. The van der Waals surface area contributed by atoms with Crippen molar-refractivity contribution in [1.29, 1.82) is 0 Å². The number of carbonyl (C=O) groups is 2. The van der Waals surface area contributed by atoms with Gasteiger partial charge in [0.2, 0.25) is 0 Å². The highest BCUT2D eigenvalue weighted by molar-refractivity contribution is 6.06. The molecule has 0 atom stereocenters. The highest BCUT2D eigenvalue weighted by Crippen LogP contribution is 2.19. The van der Waals surface area contributed by atoms with Gasteiger partial charge in [-0.25, -0.2) is 0 Å². The molecule has 3 rings (SSSR count). The van der Waals surface area contributed by atoms with Crippen LogP contribution < -0.4 is 14.5 Å². The first-order chi connectivity index (χ1) is 18.2. The summed E-state index contributed by atoms with van der Waals surface area (Å²) in [5.41, 5.74) is 3.49. The lowest BCUT2D eigenvalue weighted by atomic mass is 10.1. The number of anilines is 1. The molecule has 0 fully saturated rings. The quantitative estimate of drug-likeness (QED) is 0.265. The SMILES string of the molecule is CC.CC.CC.COC(=O)Cc1ccc([N+](C)(C)C)cc1.COc1ccccc1C(=O)Nc1ccccc1. The molecule has 3 aromatic rings. The van der Waals surface area contributed by atoms with Crippen molar-refractivity contribution < 1.29 is 19.1 Å². The standard InChI is InChI=1S/C14H13NO2.C12H18NO2.3C2H6/c1-17-13-10-6-5-9-12(13)14(16)15-11-7-3-2-4-8-11;1-13(2,3)11-7-5-10(6-8-11)9-12(14)15-4;3*1-2/h2-10H,1H3,(H,15,16);5-8H,9H2,1-4H3;3*1-2H3/q;+1;;;. The van der Waals surface area contributed by atoms with Crippen molar-refractivity contribution >= 4 is 23.3 Å². The van der Waals surface area contributed by atoms with Gasteiger partial charge in [0.15, 0.2) is 0 Å². The number of carbonyl (C=O) groups excluding carboxylic acids is 2. The molecule has 0 aliphatic rings. The lowest BCUT2D eigenvalue weighted by molar-refractivity contribution is -0.139. The van der Waals surface area contributed by atoms with Gasteiger partial charge in [0.1, 0.15) is 11.4 Å². The number of rotatable bonds is 6. The Labute approximate surface area is 231 Å². The molecule has 0 aromatic heterocycles. The average Bonchev–Trinajstić information content (AvgIpc) is 2.97. The molecular weight excluding hydrogens is 476 g/mol. The number of hydrogen-bond acceptors (Lipinski definition) is 4. The number of para-hydroxylation sites is 2. The van der Waals surface area contributed by atoms with Crippen LogP contribution in [0.4, 0.5) is 11.4 Å². The lowest BCUT2D eigenvalue weighted by Crippen LogP contribution is -2.34. The van der Waals surface area contributed by atoms with Crippen molar-refractivity contribution in [2.45, 2.75) is 48.0 Å². The van der Waals surface area contributed by atoms with E-state index in [1.54, 1.807) is 19.2 Å². The Morgan fingerprint density at radius 3 is 1.68 bits per heavy atom. The van der Waals surface area contributed by atoms with Gasteiger partial charge in [-0.1, -0.05) is 84.0 Å². The van der Waals surface area contributed by atoms with E-state index in [1.165, 1.54) is 12.8 Å². The van der Waals surface area contributed by atoms with E-state index < -0.39 is 0 Å². The van der Waals surface area contributed by atoms with Crippen LogP contribution in [0.1, 0.15) is 57.5 Å². The van der Waals surface area contributed by atoms with Crippen LogP contribution in [-0.2, 0) is 16.0 Å². The fourth-order valence-corrected chi connectivity index (χ4v) is 2.85. The monoisotopic (exact) mass is 525 g/mol. The van der Waals surface area contributed by atoms with Gasteiger partial charge in [-0.05, 0) is 42.0 Å². The Hall–Kier alpha value is -3.64. The predicted molar refractivity (Wildman–Crippen MR) is 163 cm³/mol. The molecule has 38 heavy (non-hydrogen) atoms. The summed E-state index contributed by atoms with van der Waals surface area (Å²) in [6.07, 6.45) is 0.341. The van der Waals surface area contributed by atoms with E-state index in [4.69, 9.17) is 4.74 Å². The maximum absolute atomic E-state index is 12.0. The molecular formula is C32H49N2O4+.